The largest absolute Gasteiger partial charge is 0.489 e. The molecule has 0 unspecified atom stereocenters. The van der Waals surface area contributed by atoms with Gasteiger partial charge in [-0.3, -0.25) is 4.79 Å². The van der Waals surface area contributed by atoms with E-state index >= 15 is 0 Å². The molecule has 0 atom stereocenters. The maximum Gasteiger partial charge on any atom is 0.265 e. The molecule has 1 N–H and O–H groups in total. The maximum atomic E-state index is 12.3. The van der Waals surface area contributed by atoms with Crippen molar-refractivity contribution in [2.45, 2.75) is 27.4 Å². The Balaban J connectivity index is 1.62. The average Bonchev–Trinajstić information content (AvgIpc) is 3.07. The van der Waals surface area contributed by atoms with E-state index in [2.05, 4.69) is 17.4 Å². The van der Waals surface area contributed by atoms with Gasteiger partial charge in [0, 0.05) is 11.3 Å². The molecular weight excluding hydrogens is 330 g/mol. The van der Waals surface area contributed by atoms with Crippen molar-refractivity contribution in [2.75, 3.05) is 5.32 Å². The zero-order valence-corrected chi connectivity index (χ0v) is 15.4. The normalized spacial score (nSPS) is 10.5. The van der Waals surface area contributed by atoms with Crippen LogP contribution in [-0.2, 0) is 6.61 Å². The molecule has 1 amide bonds. The van der Waals surface area contributed by atoms with Crippen LogP contribution in [0.25, 0.3) is 0 Å². The highest BCUT2D eigenvalue weighted by Crippen LogP contribution is 2.22. The Labute approximate surface area is 152 Å². The van der Waals surface area contributed by atoms with Crippen LogP contribution in [0.5, 0.6) is 5.75 Å². The van der Waals surface area contributed by atoms with Crippen molar-refractivity contribution >= 4 is 22.9 Å². The summed E-state index contributed by atoms with van der Waals surface area (Å²) in [6.07, 6.45) is 0. The number of aryl methyl sites for hydroxylation is 3. The van der Waals surface area contributed by atoms with Gasteiger partial charge in [0.2, 0.25) is 0 Å². The molecule has 3 nitrogen and oxygen atoms in total. The van der Waals surface area contributed by atoms with Gasteiger partial charge in [-0.1, -0.05) is 29.8 Å². The van der Waals surface area contributed by atoms with Crippen molar-refractivity contribution in [1.29, 1.82) is 0 Å². The number of nitrogens with one attached hydrogen (secondary N) is 1. The minimum absolute atomic E-state index is 0.0909. The zero-order chi connectivity index (χ0) is 17.8. The Bertz CT molecular complexity index is 881. The van der Waals surface area contributed by atoms with Gasteiger partial charge < -0.3 is 10.1 Å². The van der Waals surface area contributed by atoms with Gasteiger partial charge in [0.05, 0.1) is 4.88 Å². The molecule has 0 aliphatic rings. The number of hydrogen-bond donors (Lipinski definition) is 1. The number of amides is 1. The van der Waals surface area contributed by atoms with Gasteiger partial charge in [0.15, 0.2) is 0 Å². The summed E-state index contributed by atoms with van der Waals surface area (Å²) in [6.45, 7) is 6.55. The Morgan fingerprint density at radius 1 is 1.00 bits per heavy atom. The Hall–Kier alpha value is -2.59. The van der Waals surface area contributed by atoms with Gasteiger partial charge in [-0.25, -0.2) is 0 Å². The summed E-state index contributed by atoms with van der Waals surface area (Å²) in [5.74, 6) is 0.795. The molecule has 0 aliphatic carbocycles. The highest BCUT2D eigenvalue weighted by Gasteiger charge is 2.10. The molecule has 0 radical (unpaired) electrons. The summed E-state index contributed by atoms with van der Waals surface area (Å²) in [7, 11) is 0. The lowest BCUT2D eigenvalue weighted by Gasteiger charge is -2.09. The van der Waals surface area contributed by atoms with E-state index in [0.717, 1.165) is 22.6 Å². The highest BCUT2D eigenvalue weighted by molar-refractivity contribution is 7.12. The first kappa shape index (κ1) is 17.2. The molecule has 0 bridgehead atoms. The second-order valence-corrected chi connectivity index (χ2v) is 7.11. The fraction of sp³-hybridized carbons (Fsp3) is 0.190. The van der Waals surface area contributed by atoms with Gasteiger partial charge in [-0.15, -0.1) is 11.3 Å². The van der Waals surface area contributed by atoms with Gasteiger partial charge in [0.25, 0.3) is 5.91 Å². The average molecular weight is 351 g/mol. The van der Waals surface area contributed by atoms with E-state index in [1.54, 1.807) is 0 Å². The molecule has 3 rings (SSSR count). The third-order valence-electron chi connectivity index (χ3n) is 3.92. The quantitative estimate of drug-likeness (QED) is 0.659. The molecule has 1 heterocycles. The monoisotopic (exact) mass is 351 g/mol. The lowest BCUT2D eigenvalue weighted by Crippen LogP contribution is -2.10. The van der Waals surface area contributed by atoms with Crippen LogP contribution in [0, 0.1) is 20.8 Å². The zero-order valence-electron chi connectivity index (χ0n) is 14.6. The van der Waals surface area contributed by atoms with Crippen molar-refractivity contribution in [3.63, 3.8) is 0 Å². The molecule has 2 aromatic carbocycles. The van der Waals surface area contributed by atoms with Gasteiger partial charge >= 0.3 is 0 Å². The molecule has 0 aliphatic heterocycles. The molecule has 0 fully saturated rings. The number of ether oxygens (including phenoxy) is 1. The van der Waals surface area contributed by atoms with Gasteiger partial charge in [-0.05, 0) is 61.5 Å². The fourth-order valence-electron chi connectivity index (χ4n) is 2.42. The Morgan fingerprint density at radius 3 is 2.48 bits per heavy atom. The molecule has 0 saturated heterocycles. The topological polar surface area (TPSA) is 38.3 Å². The summed E-state index contributed by atoms with van der Waals surface area (Å²) < 4.78 is 5.90. The highest BCUT2D eigenvalue weighted by atomic mass is 32.1. The second-order valence-electron chi connectivity index (χ2n) is 6.20. The molecule has 0 saturated carbocycles. The van der Waals surface area contributed by atoms with E-state index in [-0.39, 0.29) is 5.91 Å². The molecular formula is C21H21NO2S. The first-order valence-corrected chi connectivity index (χ1v) is 9.05. The second kappa shape index (κ2) is 7.53. The van der Waals surface area contributed by atoms with Crippen LogP contribution in [0.2, 0.25) is 0 Å². The first-order valence-electron chi connectivity index (χ1n) is 8.17. The molecule has 4 heteroatoms. The van der Waals surface area contributed by atoms with E-state index in [4.69, 9.17) is 4.74 Å². The van der Waals surface area contributed by atoms with Crippen LogP contribution in [0.3, 0.4) is 0 Å². The van der Waals surface area contributed by atoms with Gasteiger partial charge in [0.1, 0.15) is 12.4 Å². The number of anilines is 1. The first-order chi connectivity index (χ1) is 12.0. The number of hydrogen-bond acceptors (Lipinski definition) is 3. The lowest BCUT2D eigenvalue weighted by atomic mass is 10.1. The summed E-state index contributed by atoms with van der Waals surface area (Å²) >= 11 is 1.43. The molecule has 128 valence electrons. The van der Waals surface area contributed by atoms with Crippen molar-refractivity contribution in [3.05, 3.63) is 81.0 Å². The fourth-order valence-corrected chi connectivity index (χ4v) is 3.22. The number of carbonyl (C=O) groups is 1. The smallest absolute Gasteiger partial charge is 0.265 e. The van der Waals surface area contributed by atoms with Crippen LogP contribution < -0.4 is 10.1 Å². The molecule has 1 aromatic heterocycles. The Kier molecular flexibility index (Phi) is 5.19. The summed E-state index contributed by atoms with van der Waals surface area (Å²) in [5.41, 5.74) is 5.25. The molecule has 3 aromatic rings. The predicted molar refractivity (Wildman–Crippen MR) is 104 cm³/mol. The van der Waals surface area contributed by atoms with Gasteiger partial charge in [-0.2, -0.15) is 0 Å². The molecule has 25 heavy (non-hydrogen) atoms. The number of benzene rings is 2. The van der Waals surface area contributed by atoms with Crippen LogP contribution >= 0.6 is 11.3 Å². The van der Waals surface area contributed by atoms with E-state index in [1.807, 2.05) is 62.5 Å². The number of rotatable bonds is 5. The number of carbonyl (C=O) groups excluding carboxylic acids is 1. The minimum atomic E-state index is -0.0909. The van der Waals surface area contributed by atoms with Crippen molar-refractivity contribution in [1.82, 2.24) is 0 Å². The minimum Gasteiger partial charge on any atom is -0.489 e. The maximum absolute atomic E-state index is 12.3. The van der Waals surface area contributed by atoms with E-state index in [0.29, 0.717) is 11.5 Å². The number of thiophene rings is 1. The van der Waals surface area contributed by atoms with Crippen LogP contribution in [0.1, 0.15) is 31.9 Å². The van der Waals surface area contributed by atoms with E-state index in [1.165, 1.54) is 22.5 Å². The Morgan fingerprint density at radius 2 is 1.72 bits per heavy atom. The van der Waals surface area contributed by atoms with Crippen LogP contribution in [0.15, 0.2) is 53.9 Å². The summed E-state index contributed by atoms with van der Waals surface area (Å²) in [6, 6.07) is 15.8. The van der Waals surface area contributed by atoms with Crippen molar-refractivity contribution in [2.24, 2.45) is 0 Å². The summed E-state index contributed by atoms with van der Waals surface area (Å²) in [4.78, 5) is 13.0. The van der Waals surface area contributed by atoms with Crippen molar-refractivity contribution in [3.8, 4) is 5.75 Å². The molecule has 0 spiro atoms. The van der Waals surface area contributed by atoms with Crippen LogP contribution in [0.4, 0.5) is 5.69 Å². The van der Waals surface area contributed by atoms with Crippen molar-refractivity contribution < 1.29 is 9.53 Å². The third-order valence-corrected chi connectivity index (χ3v) is 4.90. The SMILES string of the molecule is Cc1ccc(NC(=O)c2cc(COc3cc(C)ccc3C)cs2)cc1. The summed E-state index contributed by atoms with van der Waals surface area (Å²) in [5, 5.41) is 4.89. The third kappa shape index (κ3) is 4.48. The lowest BCUT2D eigenvalue weighted by molar-refractivity contribution is 0.103. The van der Waals surface area contributed by atoms with E-state index < -0.39 is 0 Å². The standard InChI is InChI=1S/C21H21NO2S/c1-14-5-8-18(9-6-14)22-21(23)20-11-17(13-25-20)12-24-19-10-15(2)4-7-16(19)3/h4-11,13H,12H2,1-3H3,(H,22,23). The predicted octanol–water partition coefficient (Wildman–Crippen LogP) is 5.50. The van der Waals surface area contributed by atoms with E-state index in [9.17, 15) is 4.79 Å². The van der Waals surface area contributed by atoms with Crippen LogP contribution in [-0.4, -0.2) is 5.91 Å².